The molecule has 132 valence electrons. The summed E-state index contributed by atoms with van der Waals surface area (Å²) in [5.41, 5.74) is 1.19. The van der Waals surface area contributed by atoms with Crippen molar-refractivity contribution in [2.75, 3.05) is 13.6 Å². The van der Waals surface area contributed by atoms with E-state index in [1.54, 1.807) is 42.8 Å². The normalized spacial score (nSPS) is 12.3. The first kappa shape index (κ1) is 18.6. The fourth-order valence-corrected chi connectivity index (χ4v) is 3.42. The van der Waals surface area contributed by atoms with Gasteiger partial charge in [-0.3, -0.25) is 0 Å². The fourth-order valence-electron chi connectivity index (χ4n) is 2.31. The molecule has 1 heterocycles. The van der Waals surface area contributed by atoms with Gasteiger partial charge in [-0.25, -0.2) is 17.8 Å². The number of aromatic nitrogens is 2. The monoisotopic (exact) mass is 353 g/mol. The molecular formula is C17H24FN3O2S. The van der Waals surface area contributed by atoms with Gasteiger partial charge in [-0.15, -0.1) is 0 Å². The Morgan fingerprint density at radius 1 is 1.29 bits per heavy atom. The Morgan fingerprint density at radius 2 is 1.96 bits per heavy atom. The van der Waals surface area contributed by atoms with Gasteiger partial charge in [-0.2, -0.15) is 0 Å². The van der Waals surface area contributed by atoms with Gasteiger partial charge < -0.3 is 9.47 Å². The minimum atomic E-state index is -3.55. The molecule has 0 radical (unpaired) electrons. The van der Waals surface area contributed by atoms with Crippen LogP contribution in [-0.2, 0) is 22.9 Å². The van der Waals surface area contributed by atoms with Crippen LogP contribution in [0.1, 0.15) is 32.0 Å². The summed E-state index contributed by atoms with van der Waals surface area (Å²) in [6.07, 6.45) is 1.57. The first-order valence-corrected chi connectivity index (χ1v) is 9.52. The summed E-state index contributed by atoms with van der Waals surface area (Å²) in [6, 6.07) is 6.39. The minimum absolute atomic E-state index is 0.000237. The van der Waals surface area contributed by atoms with Crippen molar-refractivity contribution in [2.45, 2.75) is 44.3 Å². The highest BCUT2D eigenvalue weighted by molar-refractivity contribution is 7.91. The van der Waals surface area contributed by atoms with Crippen LogP contribution in [-0.4, -0.2) is 41.7 Å². The third kappa shape index (κ3) is 3.84. The van der Waals surface area contributed by atoms with E-state index in [0.717, 1.165) is 12.2 Å². The molecule has 1 aromatic heterocycles. The Balaban J connectivity index is 2.52. The average Bonchev–Trinajstić information content (AvgIpc) is 2.92. The highest BCUT2D eigenvalue weighted by Gasteiger charge is 2.27. The van der Waals surface area contributed by atoms with Gasteiger partial charge in [0.05, 0.1) is 23.7 Å². The highest BCUT2D eigenvalue weighted by Crippen LogP contribution is 2.20. The number of imidazole rings is 1. The summed E-state index contributed by atoms with van der Waals surface area (Å²) >= 11 is 0. The van der Waals surface area contributed by atoms with Crippen LogP contribution in [0.4, 0.5) is 4.39 Å². The number of hydrogen-bond acceptors (Lipinski definition) is 4. The van der Waals surface area contributed by atoms with Crippen LogP contribution in [0.3, 0.4) is 0 Å². The molecule has 0 aliphatic rings. The third-order valence-electron chi connectivity index (χ3n) is 4.03. The molecule has 2 rings (SSSR count). The molecule has 2 aromatic rings. The van der Waals surface area contributed by atoms with Crippen LogP contribution in [0, 0.1) is 5.82 Å². The molecular weight excluding hydrogens is 329 g/mol. The summed E-state index contributed by atoms with van der Waals surface area (Å²) < 4.78 is 40.9. The van der Waals surface area contributed by atoms with Crippen molar-refractivity contribution in [3.05, 3.63) is 47.5 Å². The number of hydrogen-bond donors (Lipinski definition) is 0. The number of halogens is 1. The molecule has 5 nitrogen and oxygen atoms in total. The molecule has 0 bridgehead atoms. The molecule has 0 saturated heterocycles. The van der Waals surface area contributed by atoms with Crippen LogP contribution in [0.2, 0.25) is 0 Å². The van der Waals surface area contributed by atoms with Crippen molar-refractivity contribution in [2.24, 2.45) is 0 Å². The van der Waals surface area contributed by atoms with Gasteiger partial charge >= 0.3 is 0 Å². The molecule has 0 fully saturated rings. The van der Waals surface area contributed by atoms with Crippen molar-refractivity contribution < 1.29 is 12.8 Å². The molecule has 24 heavy (non-hydrogen) atoms. The van der Waals surface area contributed by atoms with Crippen LogP contribution < -0.4 is 0 Å². The van der Waals surface area contributed by atoms with Gasteiger partial charge in [0.25, 0.3) is 0 Å². The number of sulfone groups is 1. The molecule has 0 atom stereocenters. The molecule has 7 heteroatoms. The summed E-state index contributed by atoms with van der Waals surface area (Å²) in [7, 11) is -1.61. The third-order valence-corrected chi connectivity index (χ3v) is 6.11. The van der Waals surface area contributed by atoms with E-state index < -0.39 is 15.1 Å². The lowest BCUT2D eigenvalue weighted by atomic mass is 10.2. The maximum Gasteiger partial charge on any atom is 0.228 e. The zero-order valence-corrected chi connectivity index (χ0v) is 15.3. The molecule has 0 aliphatic heterocycles. The van der Waals surface area contributed by atoms with Crippen molar-refractivity contribution >= 4 is 9.84 Å². The molecule has 0 spiro atoms. The summed E-state index contributed by atoms with van der Waals surface area (Å²) in [5.74, 6) is -0.353. The first-order chi connectivity index (χ1) is 11.3. The lowest BCUT2D eigenvalue weighted by Crippen LogP contribution is -2.23. The Bertz CT molecular complexity index is 800. The molecule has 0 saturated carbocycles. The predicted octanol–water partition coefficient (Wildman–Crippen LogP) is 2.70. The Morgan fingerprint density at radius 3 is 2.54 bits per heavy atom. The average molecular weight is 353 g/mol. The van der Waals surface area contributed by atoms with Gasteiger partial charge in [0.2, 0.25) is 15.0 Å². The lowest BCUT2D eigenvalue weighted by Gasteiger charge is -2.18. The topological polar surface area (TPSA) is 55.2 Å². The van der Waals surface area contributed by atoms with Crippen LogP contribution in [0.5, 0.6) is 0 Å². The number of benzene rings is 1. The van der Waals surface area contributed by atoms with Crippen molar-refractivity contribution in [3.63, 3.8) is 0 Å². The number of rotatable bonds is 7. The van der Waals surface area contributed by atoms with E-state index in [-0.39, 0.29) is 17.5 Å². The van der Waals surface area contributed by atoms with Gasteiger partial charge in [-0.05, 0) is 33.5 Å². The van der Waals surface area contributed by atoms with Crippen molar-refractivity contribution in [3.8, 4) is 0 Å². The van der Waals surface area contributed by atoms with Crippen LogP contribution in [0.25, 0.3) is 0 Å². The lowest BCUT2D eigenvalue weighted by molar-refractivity contribution is 0.334. The van der Waals surface area contributed by atoms with Crippen LogP contribution in [0.15, 0.2) is 35.6 Å². The molecule has 0 N–H and O–H groups in total. The van der Waals surface area contributed by atoms with Gasteiger partial charge in [-0.1, -0.05) is 25.1 Å². The Labute approximate surface area is 143 Å². The Kier molecular flexibility index (Phi) is 5.77. The smallest absolute Gasteiger partial charge is 0.228 e. The zero-order valence-electron chi connectivity index (χ0n) is 14.5. The van der Waals surface area contributed by atoms with Gasteiger partial charge in [0, 0.05) is 12.1 Å². The van der Waals surface area contributed by atoms with E-state index in [1.807, 2.05) is 18.9 Å². The first-order valence-electron chi connectivity index (χ1n) is 7.97. The number of nitrogens with zero attached hydrogens (tertiary/aromatic N) is 3. The van der Waals surface area contributed by atoms with Gasteiger partial charge in [0.1, 0.15) is 5.82 Å². The van der Waals surface area contributed by atoms with E-state index in [4.69, 9.17) is 0 Å². The summed E-state index contributed by atoms with van der Waals surface area (Å²) in [4.78, 5) is 6.19. The molecule has 0 aliphatic carbocycles. The highest BCUT2D eigenvalue weighted by atomic mass is 32.2. The largest absolute Gasteiger partial charge is 0.313 e. The molecule has 1 aromatic carbocycles. The van der Waals surface area contributed by atoms with Crippen molar-refractivity contribution in [1.29, 1.82) is 0 Å². The van der Waals surface area contributed by atoms with Gasteiger partial charge in [0.15, 0.2) is 0 Å². The zero-order chi connectivity index (χ0) is 17.9. The van der Waals surface area contributed by atoms with E-state index >= 15 is 0 Å². The standard InChI is InChI=1S/C17H24FN3O2S/c1-5-20(4)12-15-10-19-17(24(22,23)13(2)3)21(15)11-14-8-6-7-9-16(14)18/h6-10,13H,5,11-12H2,1-4H3. The maximum absolute atomic E-state index is 14.0. The minimum Gasteiger partial charge on any atom is -0.313 e. The Hall–Kier alpha value is -1.73. The summed E-state index contributed by atoms with van der Waals surface area (Å²) in [5, 5.41) is -0.587. The fraction of sp³-hybridized carbons (Fsp3) is 0.471. The van der Waals surface area contributed by atoms with Crippen LogP contribution >= 0.6 is 0 Å². The molecule has 0 unspecified atom stereocenters. The second kappa shape index (κ2) is 7.44. The van der Waals surface area contributed by atoms with E-state index in [9.17, 15) is 12.8 Å². The second-order valence-corrected chi connectivity index (χ2v) is 8.53. The predicted molar refractivity (Wildman–Crippen MR) is 92.1 cm³/mol. The molecule has 0 amide bonds. The van der Waals surface area contributed by atoms with E-state index in [1.165, 1.54) is 6.07 Å². The second-order valence-electron chi connectivity index (χ2n) is 6.13. The SMILES string of the molecule is CCN(C)Cc1cnc(S(=O)(=O)C(C)C)n1Cc1ccccc1F. The van der Waals surface area contributed by atoms with E-state index in [2.05, 4.69) is 4.98 Å². The van der Waals surface area contributed by atoms with E-state index in [0.29, 0.717) is 12.1 Å². The summed E-state index contributed by atoms with van der Waals surface area (Å²) in [6.45, 7) is 6.76. The van der Waals surface area contributed by atoms with Crippen molar-refractivity contribution in [1.82, 2.24) is 14.5 Å². The maximum atomic E-state index is 14.0. The quantitative estimate of drug-likeness (QED) is 0.768.